The van der Waals surface area contributed by atoms with Crippen molar-refractivity contribution in [3.63, 3.8) is 0 Å². The number of ether oxygens (including phenoxy) is 4. The molecule has 0 aliphatic heterocycles. The van der Waals surface area contributed by atoms with Crippen LogP contribution in [0.2, 0.25) is 0 Å². The van der Waals surface area contributed by atoms with Gasteiger partial charge in [0.25, 0.3) is 5.91 Å². The van der Waals surface area contributed by atoms with Crippen LogP contribution >= 0.6 is 0 Å². The van der Waals surface area contributed by atoms with Gasteiger partial charge in [-0.25, -0.2) is 10.2 Å². The van der Waals surface area contributed by atoms with Crippen LogP contribution in [0, 0.1) is 13.8 Å². The van der Waals surface area contributed by atoms with Crippen LogP contribution in [0.5, 0.6) is 23.0 Å². The zero-order valence-corrected chi connectivity index (χ0v) is 19.5. The Balaban J connectivity index is 1.57. The van der Waals surface area contributed by atoms with Crippen molar-refractivity contribution in [3.8, 4) is 23.0 Å². The van der Waals surface area contributed by atoms with Crippen molar-refractivity contribution < 1.29 is 28.5 Å². The Morgan fingerprint density at radius 2 is 1.71 bits per heavy atom. The van der Waals surface area contributed by atoms with E-state index in [4.69, 9.17) is 18.9 Å². The first-order valence-corrected chi connectivity index (χ1v) is 10.5. The van der Waals surface area contributed by atoms with Crippen molar-refractivity contribution in [2.75, 3.05) is 20.8 Å². The third kappa shape index (κ3) is 6.59. The highest BCUT2D eigenvalue weighted by Crippen LogP contribution is 2.28. The van der Waals surface area contributed by atoms with Crippen LogP contribution in [0.4, 0.5) is 0 Å². The highest BCUT2D eigenvalue weighted by Gasteiger charge is 2.13. The zero-order chi connectivity index (χ0) is 24.5. The number of carbonyl (C=O) groups is 2. The van der Waals surface area contributed by atoms with Crippen LogP contribution in [0.3, 0.4) is 0 Å². The summed E-state index contributed by atoms with van der Waals surface area (Å²) in [6, 6.07) is 17.2. The first-order valence-electron chi connectivity index (χ1n) is 10.5. The molecule has 0 aromatic heterocycles. The summed E-state index contributed by atoms with van der Waals surface area (Å²) in [5, 5.41) is 3.94. The number of esters is 1. The van der Waals surface area contributed by atoms with E-state index < -0.39 is 11.9 Å². The van der Waals surface area contributed by atoms with Gasteiger partial charge in [0.05, 0.1) is 26.0 Å². The Morgan fingerprint density at radius 1 is 0.882 bits per heavy atom. The molecule has 0 unspecified atom stereocenters. The Morgan fingerprint density at radius 3 is 2.44 bits per heavy atom. The minimum Gasteiger partial charge on any atom is -0.497 e. The predicted octanol–water partition coefficient (Wildman–Crippen LogP) is 4.07. The SMILES string of the molecule is COc1cccc(C(=O)Oc2ccc(/C=N/NC(=O)COc3ccc(C)c(C)c3)cc2OC)c1. The van der Waals surface area contributed by atoms with Gasteiger partial charge in [-0.3, -0.25) is 4.79 Å². The van der Waals surface area contributed by atoms with Crippen molar-refractivity contribution in [3.05, 3.63) is 82.9 Å². The molecule has 0 heterocycles. The normalized spacial score (nSPS) is 10.6. The lowest BCUT2D eigenvalue weighted by Crippen LogP contribution is -2.24. The third-order valence-corrected chi connectivity index (χ3v) is 4.95. The van der Waals surface area contributed by atoms with Crippen LogP contribution in [-0.4, -0.2) is 38.9 Å². The summed E-state index contributed by atoms with van der Waals surface area (Å²) in [7, 11) is 2.99. The zero-order valence-electron chi connectivity index (χ0n) is 19.5. The van der Waals surface area contributed by atoms with Crippen LogP contribution in [0.25, 0.3) is 0 Å². The first-order chi connectivity index (χ1) is 16.4. The molecule has 3 rings (SSSR count). The van der Waals surface area contributed by atoms with E-state index >= 15 is 0 Å². The van der Waals surface area contributed by atoms with Crippen molar-refractivity contribution in [2.45, 2.75) is 13.8 Å². The fourth-order valence-corrected chi connectivity index (χ4v) is 2.92. The molecule has 0 radical (unpaired) electrons. The second-order valence-electron chi connectivity index (χ2n) is 7.36. The van der Waals surface area contributed by atoms with Gasteiger partial charge in [0.15, 0.2) is 18.1 Å². The molecule has 8 nitrogen and oxygen atoms in total. The largest absolute Gasteiger partial charge is 0.497 e. The summed E-state index contributed by atoms with van der Waals surface area (Å²) < 4.78 is 21.4. The van der Waals surface area contributed by atoms with E-state index in [0.717, 1.165) is 11.1 Å². The van der Waals surface area contributed by atoms with Crippen molar-refractivity contribution >= 4 is 18.1 Å². The highest BCUT2D eigenvalue weighted by molar-refractivity contribution is 5.92. The van der Waals surface area contributed by atoms with E-state index in [-0.39, 0.29) is 12.4 Å². The maximum absolute atomic E-state index is 12.5. The smallest absolute Gasteiger partial charge is 0.343 e. The van der Waals surface area contributed by atoms with E-state index in [1.54, 1.807) is 42.5 Å². The minimum atomic E-state index is -0.547. The number of aryl methyl sites for hydroxylation is 2. The average Bonchev–Trinajstić information content (AvgIpc) is 2.85. The van der Waals surface area contributed by atoms with Crippen molar-refractivity contribution in [1.29, 1.82) is 0 Å². The third-order valence-electron chi connectivity index (χ3n) is 4.95. The van der Waals surface area contributed by atoms with Gasteiger partial charge >= 0.3 is 5.97 Å². The van der Waals surface area contributed by atoms with Gasteiger partial charge in [-0.05, 0) is 79.1 Å². The minimum absolute atomic E-state index is 0.164. The fourth-order valence-electron chi connectivity index (χ4n) is 2.92. The van der Waals surface area contributed by atoms with Crippen molar-refractivity contribution in [1.82, 2.24) is 5.43 Å². The summed E-state index contributed by atoms with van der Waals surface area (Å²) in [5.74, 6) is 0.809. The number of amides is 1. The molecule has 0 aliphatic rings. The Labute approximate surface area is 198 Å². The summed E-state index contributed by atoms with van der Waals surface area (Å²) in [5.41, 5.74) is 5.63. The van der Waals surface area contributed by atoms with Gasteiger partial charge in [-0.15, -0.1) is 0 Å². The summed E-state index contributed by atoms with van der Waals surface area (Å²) in [6.45, 7) is 3.82. The molecular formula is C26H26N2O6. The van der Waals surface area contributed by atoms with Crippen LogP contribution in [0.15, 0.2) is 65.8 Å². The fraction of sp³-hybridized carbons (Fsp3) is 0.192. The average molecular weight is 463 g/mol. The van der Waals surface area contributed by atoms with E-state index in [1.165, 1.54) is 20.4 Å². The molecule has 0 bridgehead atoms. The van der Waals surface area contributed by atoms with Gasteiger partial charge in [0.2, 0.25) is 0 Å². The second-order valence-corrected chi connectivity index (χ2v) is 7.36. The number of methoxy groups -OCH3 is 2. The number of rotatable bonds is 9. The lowest BCUT2D eigenvalue weighted by molar-refractivity contribution is -0.123. The molecule has 3 aromatic carbocycles. The maximum Gasteiger partial charge on any atom is 0.343 e. The lowest BCUT2D eigenvalue weighted by atomic mass is 10.1. The van der Waals surface area contributed by atoms with E-state index in [0.29, 0.717) is 28.4 Å². The Kier molecular flexibility index (Phi) is 8.23. The number of carbonyl (C=O) groups excluding carboxylic acids is 2. The van der Waals surface area contributed by atoms with E-state index in [2.05, 4.69) is 10.5 Å². The molecule has 1 amide bonds. The first kappa shape index (κ1) is 24.3. The Hall–Kier alpha value is -4.33. The quantitative estimate of drug-likeness (QED) is 0.223. The molecule has 34 heavy (non-hydrogen) atoms. The number of benzene rings is 3. The Bertz CT molecular complexity index is 1210. The van der Waals surface area contributed by atoms with Crippen LogP contribution < -0.4 is 24.4 Å². The molecule has 0 aliphatic carbocycles. The van der Waals surface area contributed by atoms with E-state index in [1.807, 2.05) is 32.0 Å². The van der Waals surface area contributed by atoms with Gasteiger partial charge < -0.3 is 18.9 Å². The van der Waals surface area contributed by atoms with Gasteiger partial charge in [-0.2, -0.15) is 5.10 Å². The summed E-state index contributed by atoms with van der Waals surface area (Å²) in [6.07, 6.45) is 1.45. The van der Waals surface area contributed by atoms with Crippen molar-refractivity contribution in [2.24, 2.45) is 5.10 Å². The molecule has 0 atom stereocenters. The number of hydrazone groups is 1. The molecule has 8 heteroatoms. The number of nitrogens with zero attached hydrogens (tertiary/aromatic N) is 1. The number of hydrogen-bond acceptors (Lipinski definition) is 7. The maximum atomic E-state index is 12.5. The van der Waals surface area contributed by atoms with Crippen LogP contribution in [-0.2, 0) is 4.79 Å². The molecule has 0 saturated heterocycles. The highest BCUT2D eigenvalue weighted by atomic mass is 16.6. The molecule has 176 valence electrons. The molecule has 0 saturated carbocycles. The lowest BCUT2D eigenvalue weighted by Gasteiger charge is -2.10. The van der Waals surface area contributed by atoms with Crippen LogP contribution in [0.1, 0.15) is 27.0 Å². The standard InChI is InChI=1S/C26H26N2O6/c1-17-8-10-22(12-18(17)2)33-16-25(29)28-27-15-19-9-11-23(24(13-19)32-4)34-26(30)20-6-5-7-21(14-20)31-3/h5-15H,16H2,1-4H3,(H,28,29)/b27-15+. The molecular weight excluding hydrogens is 436 g/mol. The summed E-state index contributed by atoms with van der Waals surface area (Å²) in [4.78, 5) is 24.5. The summed E-state index contributed by atoms with van der Waals surface area (Å²) >= 11 is 0. The topological polar surface area (TPSA) is 95.5 Å². The number of hydrogen-bond donors (Lipinski definition) is 1. The molecule has 3 aromatic rings. The van der Waals surface area contributed by atoms with Gasteiger partial charge in [0, 0.05) is 0 Å². The molecule has 0 fully saturated rings. The molecule has 1 N–H and O–H groups in total. The number of nitrogens with one attached hydrogen (secondary N) is 1. The van der Waals surface area contributed by atoms with E-state index in [9.17, 15) is 9.59 Å². The monoisotopic (exact) mass is 462 g/mol. The van der Waals surface area contributed by atoms with Gasteiger partial charge in [0.1, 0.15) is 11.5 Å². The second kappa shape index (κ2) is 11.5. The van der Waals surface area contributed by atoms with Gasteiger partial charge in [-0.1, -0.05) is 12.1 Å². The molecule has 0 spiro atoms. The predicted molar refractivity (Wildman–Crippen MR) is 128 cm³/mol.